The summed E-state index contributed by atoms with van der Waals surface area (Å²) in [6, 6.07) is 5.21. The number of hydrogen-bond donors (Lipinski definition) is 10. The third-order valence-corrected chi connectivity index (χ3v) is 7.31. The average molecular weight is 611 g/mol. The molecule has 43 heavy (non-hydrogen) atoms. The molecule has 1 aromatic heterocycles. The number of ether oxygens (including phenoxy) is 4. The fourth-order valence-corrected chi connectivity index (χ4v) is 4.92. The van der Waals surface area contributed by atoms with Gasteiger partial charge in [0.25, 0.3) is 0 Å². The molecule has 10 atom stereocenters. The third-order valence-electron chi connectivity index (χ3n) is 7.31. The van der Waals surface area contributed by atoms with Crippen molar-refractivity contribution in [1.82, 2.24) is 0 Å². The number of phenolic OH excluding ortho intramolecular Hbond substituents is 4. The summed E-state index contributed by atoms with van der Waals surface area (Å²) in [6.07, 6.45) is -16.7. The number of aromatic hydroxyl groups is 4. The lowest BCUT2D eigenvalue weighted by atomic mass is 9.97. The summed E-state index contributed by atoms with van der Waals surface area (Å²) in [7, 11) is 0. The van der Waals surface area contributed by atoms with Gasteiger partial charge in [0, 0.05) is 17.7 Å². The SMILES string of the molecule is C[C@H]1O[C@@H](O[C@H]2[C@H](Oc3c(-c4ccc(O)c(O)c4)oc4cc(O)cc(O)c4c3=O)O[C@@H](CO)[C@H](O)[C@H]2O)[C@H](O)[C@@H](O)[C@@H]1O. The highest BCUT2D eigenvalue weighted by Crippen LogP contribution is 2.40. The monoisotopic (exact) mass is 610 g/mol. The lowest BCUT2D eigenvalue weighted by Crippen LogP contribution is -2.64. The molecule has 2 aliphatic rings. The Balaban J connectivity index is 1.62. The molecule has 10 N–H and O–H groups in total. The molecular weight excluding hydrogens is 580 g/mol. The Morgan fingerprint density at radius 1 is 0.791 bits per heavy atom. The highest BCUT2D eigenvalue weighted by atomic mass is 16.8. The van der Waals surface area contributed by atoms with Crippen LogP contribution in [0.25, 0.3) is 22.3 Å². The molecule has 2 aliphatic heterocycles. The standard InChI is InChI=1S/C27H30O16/c1-8-17(33)20(36)22(38)26(39-8)43-25-21(37)18(34)15(7-28)41-27(25)42-24-19(35)16-13(32)5-10(29)6-14(16)40-23(24)9-2-3-11(30)12(31)4-9/h2-6,8,15,17-18,20-22,25-34,36-38H,7H2,1H3/t8-,15+,17-,18+,20+,21-,22-,25-,26+,27+/m1/s1. The molecule has 3 heterocycles. The van der Waals surface area contributed by atoms with E-state index in [0.29, 0.717) is 0 Å². The predicted molar refractivity (Wildman–Crippen MR) is 140 cm³/mol. The molecule has 2 aromatic carbocycles. The van der Waals surface area contributed by atoms with Crippen molar-refractivity contribution < 1.29 is 74.4 Å². The topological polar surface area (TPSA) is 269 Å². The van der Waals surface area contributed by atoms with Crippen molar-refractivity contribution in [3.8, 4) is 40.1 Å². The molecule has 2 fully saturated rings. The third kappa shape index (κ3) is 5.55. The van der Waals surface area contributed by atoms with E-state index in [-0.39, 0.29) is 11.1 Å². The first kappa shape index (κ1) is 30.7. The van der Waals surface area contributed by atoms with Gasteiger partial charge in [0.15, 0.2) is 29.7 Å². The zero-order valence-electron chi connectivity index (χ0n) is 22.3. The van der Waals surface area contributed by atoms with Gasteiger partial charge >= 0.3 is 0 Å². The van der Waals surface area contributed by atoms with E-state index in [4.69, 9.17) is 23.4 Å². The molecule has 234 valence electrons. The van der Waals surface area contributed by atoms with Crippen molar-refractivity contribution in [2.45, 2.75) is 68.3 Å². The summed E-state index contributed by atoms with van der Waals surface area (Å²) in [5, 5.41) is 102. The van der Waals surface area contributed by atoms with Gasteiger partial charge in [-0.1, -0.05) is 0 Å². The molecule has 0 saturated carbocycles. The van der Waals surface area contributed by atoms with Crippen LogP contribution in [0.4, 0.5) is 0 Å². The molecule has 0 bridgehead atoms. The van der Waals surface area contributed by atoms with Gasteiger partial charge in [0.2, 0.25) is 17.5 Å². The molecule has 16 heteroatoms. The second-order valence-electron chi connectivity index (χ2n) is 10.2. The molecule has 0 spiro atoms. The fraction of sp³-hybridized carbons (Fsp3) is 0.444. The molecule has 5 rings (SSSR count). The van der Waals surface area contributed by atoms with E-state index in [0.717, 1.165) is 24.3 Å². The number of rotatable bonds is 6. The van der Waals surface area contributed by atoms with Crippen LogP contribution in [0.1, 0.15) is 6.92 Å². The van der Waals surface area contributed by atoms with E-state index in [1.54, 1.807) is 0 Å². The van der Waals surface area contributed by atoms with Gasteiger partial charge in [-0.3, -0.25) is 4.79 Å². The minimum Gasteiger partial charge on any atom is -0.508 e. The molecule has 3 aromatic rings. The summed E-state index contributed by atoms with van der Waals surface area (Å²) >= 11 is 0. The van der Waals surface area contributed by atoms with Gasteiger partial charge in [-0.25, -0.2) is 0 Å². The maximum absolute atomic E-state index is 13.7. The fourth-order valence-electron chi connectivity index (χ4n) is 4.92. The van der Waals surface area contributed by atoms with Gasteiger partial charge in [-0.2, -0.15) is 0 Å². The number of aliphatic hydroxyl groups is 6. The minimum absolute atomic E-state index is 0.0447. The van der Waals surface area contributed by atoms with Crippen molar-refractivity contribution in [1.29, 1.82) is 0 Å². The maximum atomic E-state index is 13.7. The number of phenols is 4. The number of hydrogen-bond acceptors (Lipinski definition) is 16. The van der Waals surface area contributed by atoms with Crippen LogP contribution >= 0.6 is 0 Å². The van der Waals surface area contributed by atoms with E-state index < -0.39 is 113 Å². The molecule has 0 aliphatic carbocycles. The summed E-state index contributed by atoms with van der Waals surface area (Å²) < 4.78 is 28.3. The van der Waals surface area contributed by atoms with Gasteiger partial charge < -0.3 is 74.4 Å². The van der Waals surface area contributed by atoms with Crippen LogP contribution in [0.5, 0.6) is 28.7 Å². The quantitative estimate of drug-likeness (QED) is 0.140. The number of fused-ring (bicyclic) bond motifs is 1. The largest absolute Gasteiger partial charge is 0.508 e. The van der Waals surface area contributed by atoms with Gasteiger partial charge in [-0.15, -0.1) is 0 Å². The van der Waals surface area contributed by atoms with Crippen molar-refractivity contribution >= 4 is 11.0 Å². The first-order valence-corrected chi connectivity index (χ1v) is 13.0. The predicted octanol–water partition coefficient (Wildman–Crippen LogP) is -1.69. The van der Waals surface area contributed by atoms with Crippen LogP contribution in [0, 0.1) is 0 Å². The zero-order chi connectivity index (χ0) is 31.3. The Kier molecular flexibility index (Phi) is 8.41. The van der Waals surface area contributed by atoms with Gasteiger partial charge in [0.05, 0.1) is 12.7 Å². The van der Waals surface area contributed by atoms with Crippen LogP contribution < -0.4 is 10.2 Å². The zero-order valence-corrected chi connectivity index (χ0v) is 22.3. The van der Waals surface area contributed by atoms with Crippen LogP contribution in [-0.4, -0.2) is 119 Å². The average Bonchev–Trinajstić information content (AvgIpc) is 2.96. The summed E-state index contributed by atoms with van der Waals surface area (Å²) in [5.74, 6) is -3.40. The highest BCUT2D eigenvalue weighted by Gasteiger charge is 2.51. The van der Waals surface area contributed by atoms with Crippen molar-refractivity contribution in [3.63, 3.8) is 0 Å². The molecule has 16 nitrogen and oxygen atoms in total. The second kappa shape index (κ2) is 11.8. The lowest BCUT2D eigenvalue weighted by Gasteiger charge is -2.45. The molecule has 0 amide bonds. The first-order chi connectivity index (χ1) is 20.3. The summed E-state index contributed by atoms with van der Waals surface area (Å²) in [5.41, 5.74) is -1.39. The molecule has 2 saturated heterocycles. The van der Waals surface area contributed by atoms with E-state index in [1.807, 2.05) is 0 Å². The second-order valence-corrected chi connectivity index (χ2v) is 10.2. The molecular formula is C27H30O16. The van der Waals surface area contributed by atoms with E-state index >= 15 is 0 Å². The maximum Gasteiger partial charge on any atom is 0.239 e. The molecule has 0 unspecified atom stereocenters. The van der Waals surface area contributed by atoms with Crippen LogP contribution in [0.3, 0.4) is 0 Å². The number of benzene rings is 2. The first-order valence-electron chi connectivity index (χ1n) is 13.0. The van der Waals surface area contributed by atoms with Crippen LogP contribution in [0.2, 0.25) is 0 Å². The van der Waals surface area contributed by atoms with Crippen molar-refractivity contribution in [2.24, 2.45) is 0 Å². The van der Waals surface area contributed by atoms with E-state index in [2.05, 4.69) is 0 Å². The van der Waals surface area contributed by atoms with Gasteiger partial charge in [-0.05, 0) is 25.1 Å². The number of aliphatic hydroxyl groups excluding tert-OH is 6. The normalized spacial score (nSPS) is 33.0. The summed E-state index contributed by atoms with van der Waals surface area (Å²) in [6.45, 7) is 0.541. The van der Waals surface area contributed by atoms with Gasteiger partial charge in [0.1, 0.15) is 59.1 Å². The lowest BCUT2D eigenvalue weighted by molar-refractivity contribution is -0.354. The summed E-state index contributed by atoms with van der Waals surface area (Å²) in [4.78, 5) is 13.7. The minimum atomic E-state index is -1.91. The Labute approximate surface area is 241 Å². The Morgan fingerprint density at radius 3 is 2.19 bits per heavy atom. The van der Waals surface area contributed by atoms with Crippen molar-refractivity contribution in [2.75, 3.05) is 6.61 Å². The van der Waals surface area contributed by atoms with Crippen LogP contribution in [0.15, 0.2) is 39.5 Å². The Bertz CT molecular complexity index is 1540. The van der Waals surface area contributed by atoms with E-state index in [9.17, 15) is 55.9 Å². The highest BCUT2D eigenvalue weighted by molar-refractivity contribution is 5.88. The smallest absolute Gasteiger partial charge is 0.239 e. The van der Waals surface area contributed by atoms with Crippen LogP contribution in [-0.2, 0) is 14.2 Å². The van der Waals surface area contributed by atoms with E-state index in [1.165, 1.54) is 13.0 Å². The molecule has 0 radical (unpaired) electrons. The van der Waals surface area contributed by atoms with Crippen molar-refractivity contribution in [3.05, 3.63) is 40.6 Å². The Hall–Kier alpha value is -3.71. The Morgan fingerprint density at radius 2 is 1.51 bits per heavy atom.